The van der Waals surface area contributed by atoms with Gasteiger partial charge in [0.25, 0.3) is 5.91 Å². The number of likely N-dealkylation sites (tertiary alicyclic amines) is 1. The van der Waals surface area contributed by atoms with Gasteiger partial charge in [-0.2, -0.15) is 13.2 Å². The van der Waals surface area contributed by atoms with E-state index in [0.717, 1.165) is 31.1 Å². The molecule has 10 nitrogen and oxygen atoms in total. The summed E-state index contributed by atoms with van der Waals surface area (Å²) in [6, 6.07) is 7.18. The first-order valence-electron chi connectivity index (χ1n) is 16.3. The predicted octanol–water partition coefficient (Wildman–Crippen LogP) is 4.06. The second-order valence-electron chi connectivity index (χ2n) is 12.5. The van der Waals surface area contributed by atoms with Crippen molar-refractivity contribution in [2.24, 2.45) is 0 Å². The van der Waals surface area contributed by atoms with Gasteiger partial charge < -0.3 is 30.1 Å². The van der Waals surface area contributed by atoms with E-state index in [4.69, 9.17) is 4.74 Å². The fourth-order valence-corrected chi connectivity index (χ4v) is 7.18. The van der Waals surface area contributed by atoms with Gasteiger partial charge in [-0.15, -0.1) is 0 Å². The molecule has 2 aromatic rings. The van der Waals surface area contributed by atoms with Crippen molar-refractivity contribution in [3.05, 3.63) is 83.0 Å². The van der Waals surface area contributed by atoms with E-state index < -0.39 is 23.5 Å². The summed E-state index contributed by atoms with van der Waals surface area (Å²) in [4.78, 5) is 39.4. The van der Waals surface area contributed by atoms with E-state index in [1.54, 1.807) is 23.4 Å². The Bertz CT molecular complexity index is 1550. The molecule has 0 radical (unpaired) electrons. The highest BCUT2D eigenvalue weighted by atomic mass is 19.4. The number of aromatic nitrogens is 1. The van der Waals surface area contributed by atoms with Crippen LogP contribution >= 0.6 is 0 Å². The number of rotatable bonds is 7. The predicted molar refractivity (Wildman–Crippen MR) is 171 cm³/mol. The zero-order valence-corrected chi connectivity index (χ0v) is 27.0. The quantitative estimate of drug-likeness (QED) is 0.466. The minimum atomic E-state index is -4.57. The second kappa shape index (κ2) is 13.2. The molecule has 0 spiro atoms. The van der Waals surface area contributed by atoms with Gasteiger partial charge in [-0.3, -0.25) is 14.7 Å². The molecule has 1 aromatic carbocycles. The number of nitrogens with one attached hydrogen (secondary N) is 2. The molecule has 13 heteroatoms. The molecule has 1 unspecified atom stereocenters. The van der Waals surface area contributed by atoms with E-state index in [9.17, 15) is 22.8 Å². The summed E-state index contributed by atoms with van der Waals surface area (Å²) in [6.45, 7) is 7.09. The molecule has 2 saturated heterocycles. The van der Waals surface area contributed by atoms with Crippen LogP contribution in [0.4, 0.5) is 23.7 Å². The summed E-state index contributed by atoms with van der Waals surface area (Å²) in [5.74, 6) is -0.251. The molecule has 5 heterocycles. The molecule has 0 bridgehead atoms. The number of hydrogen-bond acceptors (Lipinski definition) is 7. The number of para-hydroxylation sites is 1. The molecule has 252 valence electrons. The van der Waals surface area contributed by atoms with Crippen LogP contribution in [0.1, 0.15) is 43.4 Å². The summed E-state index contributed by atoms with van der Waals surface area (Å²) in [5.41, 5.74) is 0.364. The van der Waals surface area contributed by atoms with Crippen LogP contribution in [0.5, 0.6) is 0 Å². The zero-order valence-electron chi connectivity index (χ0n) is 27.0. The Morgan fingerprint density at radius 3 is 2.62 bits per heavy atom. The maximum atomic E-state index is 14.1. The van der Waals surface area contributed by atoms with Crippen molar-refractivity contribution < 1.29 is 27.5 Å². The Morgan fingerprint density at radius 2 is 1.94 bits per heavy atom. The van der Waals surface area contributed by atoms with Crippen molar-refractivity contribution in [1.29, 1.82) is 0 Å². The van der Waals surface area contributed by atoms with Crippen molar-refractivity contribution in [3.8, 4) is 0 Å². The number of benzene rings is 1. The Morgan fingerprint density at radius 1 is 1.11 bits per heavy atom. The van der Waals surface area contributed by atoms with E-state index in [0.29, 0.717) is 49.5 Å². The lowest BCUT2D eigenvalue weighted by molar-refractivity contribution is -0.137. The Kier molecular flexibility index (Phi) is 9.21. The number of nitrogens with zero attached hydrogens (tertiary/aromatic N) is 5. The molecule has 1 aromatic heterocycles. The Balaban J connectivity index is 1.28. The van der Waals surface area contributed by atoms with Crippen LogP contribution in [0.15, 0.2) is 66.3 Å². The van der Waals surface area contributed by atoms with Gasteiger partial charge in [-0.25, -0.2) is 4.79 Å². The number of piperazine rings is 1. The van der Waals surface area contributed by atoms with Crippen LogP contribution in [0.25, 0.3) is 0 Å². The zero-order chi connectivity index (χ0) is 33.3. The van der Waals surface area contributed by atoms with Gasteiger partial charge in [-0.05, 0) is 69.6 Å². The van der Waals surface area contributed by atoms with Crippen molar-refractivity contribution in [2.45, 2.75) is 57.1 Å². The highest BCUT2D eigenvalue weighted by molar-refractivity contribution is 5.96. The van der Waals surface area contributed by atoms with Crippen LogP contribution in [0, 0.1) is 0 Å². The summed E-state index contributed by atoms with van der Waals surface area (Å²) in [6.07, 6.45) is 4.48. The average Bonchev–Trinajstić information content (AvgIpc) is 3.69. The third-order valence-electron chi connectivity index (χ3n) is 9.52. The number of halogens is 3. The third kappa shape index (κ3) is 6.42. The number of anilines is 1. The minimum Gasteiger partial charge on any atom is -0.363 e. The van der Waals surface area contributed by atoms with Crippen LogP contribution in [0.2, 0.25) is 0 Å². The smallest absolute Gasteiger partial charge is 0.363 e. The maximum absolute atomic E-state index is 14.1. The molecule has 3 atom stereocenters. The molecular formula is C34H42F3N7O3. The number of ether oxygens (including phenoxy) is 1. The van der Waals surface area contributed by atoms with Gasteiger partial charge in [-0.1, -0.05) is 25.1 Å². The van der Waals surface area contributed by atoms with E-state index in [2.05, 4.69) is 25.4 Å². The minimum absolute atomic E-state index is 0.00443. The normalized spacial score (nSPS) is 24.9. The molecule has 4 aliphatic heterocycles. The molecule has 2 fully saturated rings. The maximum Gasteiger partial charge on any atom is 0.418 e. The number of amides is 3. The van der Waals surface area contributed by atoms with E-state index >= 15 is 0 Å². The van der Waals surface area contributed by atoms with Gasteiger partial charge in [0.15, 0.2) is 5.72 Å². The van der Waals surface area contributed by atoms with E-state index in [-0.39, 0.29) is 36.8 Å². The van der Waals surface area contributed by atoms with Crippen molar-refractivity contribution in [1.82, 2.24) is 30.3 Å². The molecule has 3 amide bonds. The number of fused-ring (bicyclic) bond motifs is 1. The fraction of sp³-hybridized carbons (Fsp3) is 0.500. The lowest BCUT2D eigenvalue weighted by Crippen LogP contribution is -2.58. The molecular weight excluding hydrogens is 611 g/mol. The summed E-state index contributed by atoms with van der Waals surface area (Å²) in [5, 5.41) is 6.65. The highest BCUT2D eigenvalue weighted by Crippen LogP contribution is 2.42. The molecule has 0 aliphatic carbocycles. The Labute approximate surface area is 273 Å². The van der Waals surface area contributed by atoms with Gasteiger partial charge in [0.2, 0.25) is 0 Å². The number of urea groups is 1. The first kappa shape index (κ1) is 32.8. The third-order valence-corrected chi connectivity index (χ3v) is 9.52. The first-order chi connectivity index (χ1) is 22.5. The largest absolute Gasteiger partial charge is 0.418 e. The Hall–Kier alpha value is -4.10. The molecule has 47 heavy (non-hydrogen) atoms. The number of pyridine rings is 1. The standard InChI is InChI=1S/C34H42F3N7O3/c1-4-26-22-42(32(46)44-17-12-23-8-6-10-27(30(23)44)34(35,36)37)18-19-43(26)28-11-14-33(47-5-2,24-9-7-15-38-20-24)40-29(28)31(45)39-25-13-16-41(3)21-25/h6-11,14-15,20,25-26,40H,4-5,12-13,16-19,21-22H2,1-3H3,(H,39,45)/t25-,26+,33?/m0/s1. The van der Waals surface area contributed by atoms with Crippen LogP contribution < -0.4 is 15.5 Å². The topological polar surface area (TPSA) is 93.3 Å². The fourth-order valence-electron chi connectivity index (χ4n) is 7.18. The van der Waals surface area contributed by atoms with Gasteiger partial charge in [0, 0.05) is 69.4 Å². The van der Waals surface area contributed by atoms with E-state index in [1.165, 1.54) is 11.0 Å². The van der Waals surface area contributed by atoms with Gasteiger partial charge >= 0.3 is 12.2 Å². The van der Waals surface area contributed by atoms with Crippen LogP contribution in [-0.4, -0.2) is 96.6 Å². The number of allylic oxidation sites excluding steroid dienone is 1. The number of dihydropyridines is 1. The molecule has 6 rings (SSSR count). The molecule has 4 aliphatic rings. The summed E-state index contributed by atoms with van der Waals surface area (Å²) >= 11 is 0. The average molecular weight is 654 g/mol. The van der Waals surface area contributed by atoms with Gasteiger partial charge in [0.05, 0.1) is 16.9 Å². The lowest BCUT2D eigenvalue weighted by Gasteiger charge is -2.46. The van der Waals surface area contributed by atoms with Crippen LogP contribution in [0.3, 0.4) is 0 Å². The van der Waals surface area contributed by atoms with Crippen molar-refractivity contribution in [3.63, 3.8) is 0 Å². The second-order valence-corrected chi connectivity index (χ2v) is 12.5. The number of alkyl halides is 3. The lowest BCUT2D eigenvalue weighted by atomic mass is 9.97. The molecule has 2 N–H and O–H groups in total. The highest BCUT2D eigenvalue weighted by Gasteiger charge is 2.43. The summed E-state index contributed by atoms with van der Waals surface area (Å²) < 4.78 is 48.1. The van der Waals surface area contributed by atoms with Gasteiger partial charge in [0.1, 0.15) is 5.70 Å². The first-order valence-corrected chi connectivity index (χ1v) is 16.3. The monoisotopic (exact) mass is 653 g/mol. The number of carbonyl (C=O) groups excluding carboxylic acids is 2. The number of hydrogen-bond donors (Lipinski definition) is 2. The SMILES string of the molecule is CCOC1(c2cccnc2)C=CC(N2CCN(C(=O)N3CCc4cccc(C(F)(F)F)c43)C[C@H]2CC)=C(C(=O)N[C@H]2CCN(C)C2)N1. The number of carbonyl (C=O) groups is 2. The van der Waals surface area contributed by atoms with Crippen LogP contribution in [-0.2, 0) is 27.9 Å². The summed E-state index contributed by atoms with van der Waals surface area (Å²) in [7, 11) is 2.03. The van der Waals surface area contributed by atoms with Crippen molar-refractivity contribution >= 4 is 17.6 Å². The molecule has 0 saturated carbocycles. The van der Waals surface area contributed by atoms with E-state index in [1.807, 2.05) is 45.2 Å². The van der Waals surface area contributed by atoms with Crippen molar-refractivity contribution in [2.75, 3.05) is 57.8 Å². The number of likely N-dealkylation sites (N-methyl/N-ethyl adjacent to an activating group) is 1.